The van der Waals surface area contributed by atoms with Gasteiger partial charge in [-0.3, -0.25) is 10.1 Å². The second kappa shape index (κ2) is 4.38. The standard InChI is InChI=1S/C13H15N5O/c1-17(2)10-5-3-9(4-6-10)11-7-12(19)16-13-14-8-15-18(11)13/h3-6,8,11H,7H2,1-2H3,(H,14,15,16,19)/t11-/m0/s1. The fourth-order valence-corrected chi connectivity index (χ4v) is 2.26. The molecule has 1 amide bonds. The van der Waals surface area contributed by atoms with Gasteiger partial charge in [0.15, 0.2) is 0 Å². The second-order valence-electron chi connectivity index (χ2n) is 4.78. The first kappa shape index (κ1) is 11.7. The maximum absolute atomic E-state index is 11.7. The van der Waals surface area contributed by atoms with Gasteiger partial charge in [-0.25, -0.2) is 4.68 Å². The van der Waals surface area contributed by atoms with E-state index in [2.05, 4.69) is 15.4 Å². The predicted molar refractivity (Wildman–Crippen MR) is 72.2 cm³/mol. The van der Waals surface area contributed by atoms with Gasteiger partial charge in [-0.1, -0.05) is 12.1 Å². The molecule has 6 nitrogen and oxygen atoms in total. The third-order valence-corrected chi connectivity index (χ3v) is 3.29. The lowest BCUT2D eigenvalue weighted by Gasteiger charge is -2.24. The van der Waals surface area contributed by atoms with E-state index in [-0.39, 0.29) is 11.9 Å². The van der Waals surface area contributed by atoms with E-state index < -0.39 is 0 Å². The smallest absolute Gasteiger partial charge is 0.229 e. The van der Waals surface area contributed by atoms with Gasteiger partial charge in [-0.15, -0.1) is 0 Å². The van der Waals surface area contributed by atoms with Gasteiger partial charge in [-0.05, 0) is 17.7 Å². The summed E-state index contributed by atoms with van der Waals surface area (Å²) in [6, 6.07) is 8.06. The molecule has 1 aromatic carbocycles. The Kier molecular flexibility index (Phi) is 2.70. The van der Waals surface area contributed by atoms with Gasteiger partial charge in [0.05, 0.1) is 12.5 Å². The summed E-state index contributed by atoms with van der Waals surface area (Å²) >= 11 is 0. The summed E-state index contributed by atoms with van der Waals surface area (Å²) in [5.41, 5.74) is 2.19. The van der Waals surface area contributed by atoms with Crippen molar-refractivity contribution in [1.82, 2.24) is 14.8 Å². The van der Waals surface area contributed by atoms with Crippen molar-refractivity contribution in [2.75, 3.05) is 24.3 Å². The zero-order chi connectivity index (χ0) is 13.4. The van der Waals surface area contributed by atoms with Crippen LogP contribution in [0.15, 0.2) is 30.6 Å². The van der Waals surface area contributed by atoms with Crippen LogP contribution in [0.1, 0.15) is 18.0 Å². The first-order valence-corrected chi connectivity index (χ1v) is 6.12. The first-order chi connectivity index (χ1) is 9.15. The van der Waals surface area contributed by atoms with Crippen LogP contribution in [-0.4, -0.2) is 34.8 Å². The summed E-state index contributed by atoms with van der Waals surface area (Å²) in [7, 11) is 4.00. The number of hydrogen-bond acceptors (Lipinski definition) is 4. The molecule has 0 unspecified atom stereocenters. The lowest BCUT2D eigenvalue weighted by Crippen LogP contribution is -2.29. The van der Waals surface area contributed by atoms with E-state index in [0.717, 1.165) is 11.3 Å². The fraction of sp³-hybridized carbons (Fsp3) is 0.308. The van der Waals surface area contributed by atoms with Crippen LogP contribution in [0, 0.1) is 0 Å². The molecule has 1 aromatic heterocycles. The highest BCUT2D eigenvalue weighted by Crippen LogP contribution is 2.29. The van der Waals surface area contributed by atoms with Crippen LogP contribution in [0.2, 0.25) is 0 Å². The Morgan fingerprint density at radius 2 is 2.05 bits per heavy atom. The van der Waals surface area contributed by atoms with Crippen molar-refractivity contribution in [2.45, 2.75) is 12.5 Å². The molecule has 3 rings (SSSR count). The maximum Gasteiger partial charge on any atom is 0.229 e. The number of fused-ring (bicyclic) bond motifs is 1. The first-order valence-electron chi connectivity index (χ1n) is 6.12. The highest BCUT2D eigenvalue weighted by Gasteiger charge is 2.27. The molecule has 0 spiro atoms. The topological polar surface area (TPSA) is 63.1 Å². The van der Waals surface area contributed by atoms with Gasteiger partial charge in [0.2, 0.25) is 11.9 Å². The summed E-state index contributed by atoms with van der Waals surface area (Å²) in [4.78, 5) is 17.8. The molecule has 0 saturated heterocycles. The molecular weight excluding hydrogens is 242 g/mol. The number of carbonyl (C=O) groups is 1. The van der Waals surface area contributed by atoms with E-state index in [4.69, 9.17) is 0 Å². The summed E-state index contributed by atoms with van der Waals surface area (Å²) in [5, 5.41) is 6.90. The van der Waals surface area contributed by atoms with E-state index >= 15 is 0 Å². The van der Waals surface area contributed by atoms with Crippen molar-refractivity contribution < 1.29 is 4.79 Å². The molecule has 0 radical (unpaired) electrons. The molecule has 1 atom stereocenters. The second-order valence-corrected chi connectivity index (χ2v) is 4.78. The molecule has 1 aliphatic heterocycles. The fourth-order valence-electron chi connectivity index (χ4n) is 2.26. The SMILES string of the molecule is CN(C)c1ccc([C@@H]2CC(=O)Nc3ncnn32)cc1. The van der Waals surface area contributed by atoms with Gasteiger partial charge in [-0.2, -0.15) is 10.1 Å². The normalized spacial score (nSPS) is 17.8. The van der Waals surface area contributed by atoms with E-state index in [1.807, 2.05) is 43.3 Å². The lowest BCUT2D eigenvalue weighted by atomic mass is 10.0. The van der Waals surface area contributed by atoms with Crippen LogP contribution in [0.25, 0.3) is 0 Å². The molecule has 0 fully saturated rings. The molecular formula is C13H15N5O. The molecule has 0 saturated carbocycles. The number of aromatic nitrogens is 3. The third-order valence-electron chi connectivity index (χ3n) is 3.29. The van der Waals surface area contributed by atoms with Crippen molar-refractivity contribution >= 4 is 17.5 Å². The van der Waals surface area contributed by atoms with Gasteiger partial charge in [0, 0.05) is 19.8 Å². The average molecular weight is 257 g/mol. The number of benzene rings is 1. The molecule has 2 heterocycles. The number of carbonyl (C=O) groups excluding carboxylic acids is 1. The summed E-state index contributed by atoms with van der Waals surface area (Å²) in [6.45, 7) is 0. The van der Waals surface area contributed by atoms with Crippen molar-refractivity contribution in [3.05, 3.63) is 36.2 Å². The number of nitrogens with zero attached hydrogens (tertiary/aromatic N) is 4. The number of rotatable bonds is 2. The molecule has 6 heteroatoms. The van der Waals surface area contributed by atoms with Crippen molar-refractivity contribution in [2.24, 2.45) is 0 Å². The van der Waals surface area contributed by atoms with Crippen LogP contribution in [0.3, 0.4) is 0 Å². The minimum Gasteiger partial charge on any atom is -0.378 e. The summed E-state index contributed by atoms with van der Waals surface area (Å²) < 4.78 is 1.76. The molecule has 98 valence electrons. The highest BCUT2D eigenvalue weighted by atomic mass is 16.2. The number of amides is 1. The lowest BCUT2D eigenvalue weighted by molar-refractivity contribution is -0.117. The zero-order valence-corrected chi connectivity index (χ0v) is 10.9. The minimum absolute atomic E-state index is 0.0258. The molecule has 1 N–H and O–H groups in total. The van der Waals surface area contributed by atoms with Crippen LogP contribution < -0.4 is 10.2 Å². The number of hydrogen-bond donors (Lipinski definition) is 1. The summed E-state index contributed by atoms with van der Waals surface area (Å²) in [6.07, 6.45) is 1.85. The minimum atomic E-state index is -0.0811. The van der Waals surface area contributed by atoms with Crippen LogP contribution in [-0.2, 0) is 4.79 Å². The molecule has 1 aliphatic rings. The monoisotopic (exact) mass is 257 g/mol. The Morgan fingerprint density at radius 1 is 1.32 bits per heavy atom. The quantitative estimate of drug-likeness (QED) is 0.880. The zero-order valence-electron chi connectivity index (χ0n) is 10.9. The van der Waals surface area contributed by atoms with Gasteiger partial charge in [0.25, 0.3) is 0 Å². The van der Waals surface area contributed by atoms with Crippen molar-refractivity contribution in [3.8, 4) is 0 Å². The third kappa shape index (κ3) is 2.05. The van der Waals surface area contributed by atoms with Crippen molar-refractivity contribution in [3.63, 3.8) is 0 Å². The molecule has 0 aliphatic carbocycles. The van der Waals surface area contributed by atoms with Crippen LogP contribution in [0.4, 0.5) is 11.6 Å². The van der Waals surface area contributed by atoms with Gasteiger partial charge >= 0.3 is 0 Å². The van der Waals surface area contributed by atoms with Gasteiger partial charge < -0.3 is 4.90 Å². The van der Waals surface area contributed by atoms with E-state index in [1.165, 1.54) is 6.33 Å². The van der Waals surface area contributed by atoms with Crippen LogP contribution in [0.5, 0.6) is 0 Å². The Balaban J connectivity index is 1.96. The molecule has 2 aromatic rings. The van der Waals surface area contributed by atoms with E-state index in [0.29, 0.717) is 12.4 Å². The number of anilines is 2. The molecule has 19 heavy (non-hydrogen) atoms. The highest BCUT2D eigenvalue weighted by molar-refractivity contribution is 5.91. The molecule has 0 bridgehead atoms. The van der Waals surface area contributed by atoms with Crippen LogP contribution >= 0.6 is 0 Å². The van der Waals surface area contributed by atoms with E-state index in [9.17, 15) is 4.79 Å². The van der Waals surface area contributed by atoms with Gasteiger partial charge in [0.1, 0.15) is 6.33 Å². The Hall–Kier alpha value is -2.37. The largest absolute Gasteiger partial charge is 0.378 e. The number of nitrogens with one attached hydrogen (secondary N) is 1. The maximum atomic E-state index is 11.7. The predicted octanol–water partition coefficient (Wildman–Crippen LogP) is 1.28. The Morgan fingerprint density at radius 3 is 2.74 bits per heavy atom. The van der Waals surface area contributed by atoms with E-state index in [1.54, 1.807) is 4.68 Å². The Labute approximate surface area is 111 Å². The summed E-state index contributed by atoms with van der Waals surface area (Å²) in [5.74, 6) is 0.486. The van der Waals surface area contributed by atoms with Crippen molar-refractivity contribution in [1.29, 1.82) is 0 Å². The Bertz CT molecular complexity index is 602. The average Bonchev–Trinajstić information content (AvgIpc) is 2.85.